The Kier molecular flexibility index (Phi) is 7.01. The fraction of sp³-hybridized carbons (Fsp3) is 0.222. The van der Waals surface area contributed by atoms with Gasteiger partial charge in [-0.25, -0.2) is 23.1 Å². The molecule has 1 saturated heterocycles. The topological polar surface area (TPSA) is 127 Å². The number of aryl methyl sites for hydroxylation is 1. The van der Waals surface area contributed by atoms with Crippen molar-refractivity contribution in [3.05, 3.63) is 77.5 Å². The average Bonchev–Trinajstić information content (AvgIpc) is 2.86. The smallest absolute Gasteiger partial charge is 0.310 e. The van der Waals surface area contributed by atoms with Gasteiger partial charge in [0.25, 0.3) is 6.43 Å². The number of hydrogen-bond donors (Lipinski definition) is 2. The van der Waals surface area contributed by atoms with Crippen LogP contribution in [0.1, 0.15) is 23.5 Å². The summed E-state index contributed by atoms with van der Waals surface area (Å²) in [4.78, 5) is 30.0. The summed E-state index contributed by atoms with van der Waals surface area (Å²) in [6.45, 7) is 2.25. The zero-order valence-corrected chi connectivity index (χ0v) is 20.7. The van der Waals surface area contributed by atoms with E-state index in [1.165, 1.54) is 30.3 Å². The first-order chi connectivity index (χ1) is 18.7. The maximum atomic E-state index is 13.7. The van der Waals surface area contributed by atoms with Crippen molar-refractivity contribution in [2.45, 2.75) is 20.0 Å². The van der Waals surface area contributed by atoms with Crippen molar-refractivity contribution in [2.24, 2.45) is 5.92 Å². The van der Waals surface area contributed by atoms with E-state index in [4.69, 9.17) is 15.6 Å². The van der Waals surface area contributed by atoms with Gasteiger partial charge in [0.1, 0.15) is 23.9 Å². The Morgan fingerprint density at radius 3 is 2.51 bits per heavy atom. The number of carbonyl (C=O) groups is 1. The Labute approximate surface area is 221 Å². The number of alkyl halides is 2. The Morgan fingerprint density at radius 2 is 1.82 bits per heavy atom. The van der Waals surface area contributed by atoms with Gasteiger partial charge >= 0.3 is 5.97 Å². The number of nitrogen functional groups attached to an aromatic ring is 1. The lowest BCUT2D eigenvalue weighted by Gasteiger charge is -2.37. The number of ether oxygens (including phenoxy) is 1. The van der Waals surface area contributed by atoms with Crippen LogP contribution in [0.25, 0.3) is 22.4 Å². The van der Waals surface area contributed by atoms with Crippen molar-refractivity contribution in [3.63, 3.8) is 0 Å². The second-order valence-electron chi connectivity index (χ2n) is 9.06. The number of nitrogens with two attached hydrogens (primary N) is 1. The number of nitrogens with zero attached hydrogens (tertiary/aromatic N) is 5. The van der Waals surface area contributed by atoms with E-state index < -0.39 is 29.8 Å². The summed E-state index contributed by atoms with van der Waals surface area (Å²) in [6.07, 6.45) is -2.81. The summed E-state index contributed by atoms with van der Waals surface area (Å²) in [6, 6.07) is 13.6. The van der Waals surface area contributed by atoms with E-state index in [0.717, 1.165) is 0 Å². The number of carboxylic acids is 1. The lowest BCUT2D eigenvalue weighted by molar-refractivity contribution is -0.142. The molecule has 1 aliphatic rings. The largest absolute Gasteiger partial charge is 0.481 e. The summed E-state index contributed by atoms with van der Waals surface area (Å²) in [5, 5.41) is 9.13. The van der Waals surface area contributed by atoms with Crippen LogP contribution < -0.4 is 15.4 Å². The Morgan fingerprint density at radius 1 is 1.08 bits per heavy atom. The monoisotopic (exact) mass is 536 g/mol. The Hall–Kier alpha value is -4.74. The van der Waals surface area contributed by atoms with Crippen LogP contribution in [0.5, 0.6) is 5.88 Å². The molecule has 39 heavy (non-hydrogen) atoms. The normalized spacial score (nSPS) is 13.4. The molecule has 0 bridgehead atoms. The standard InChI is InChI=1S/C27H23F3N6O3/c1-14-9-16(10-20(32-14)24(29)30)22-23(15-5-7-18(28)8-6-15)34-27(31)35-25(22)39-13-19-3-2-4-21(33-19)36-11-17(12-36)26(37)38/h2-10,17,24H,11-13H2,1H3,(H,37,38)(H2,31,34,35). The van der Waals surface area contributed by atoms with Crippen LogP contribution in [0, 0.1) is 18.7 Å². The van der Waals surface area contributed by atoms with Gasteiger partial charge in [0.05, 0.1) is 22.9 Å². The molecule has 0 unspecified atom stereocenters. The molecular formula is C27H23F3N6O3. The third-order valence-corrected chi connectivity index (χ3v) is 6.20. The van der Waals surface area contributed by atoms with Crippen molar-refractivity contribution in [1.29, 1.82) is 0 Å². The van der Waals surface area contributed by atoms with E-state index in [-0.39, 0.29) is 29.7 Å². The molecule has 0 radical (unpaired) electrons. The van der Waals surface area contributed by atoms with Crippen molar-refractivity contribution >= 4 is 17.7 Å². The van der Waals surface area contributed by atoms with Crippen molar-refractivity contribution in [2.75, 3.05) is 23.7 Å². The zero-order chi connectivity index (χ0) is 27.7. The number of carboxylic acid groups (broad SMARTS) is 1. The number of aliphatic carboxylic acids is 1. The number of benzene rings is 1. The maximum absolute atomic E-state index is 13.7. The minimum absolute atomic E-state index is 0.0229. The summed E-state index contributed by atoms with van der Waals surface area (Å²) in [7, 11) is 0. The molecule has 0 spiro atoms. The minimum Gasteiger partial charge on any atom is -0.481 e. The first kappa shape index (κ1) is 25.9. The predicted octanol–water partition coefficient (Wildman–Crippen LogP) is 4.67. The molecule has 200 valence electrons. The SMILES string of the molecule is Cc1cc(-c2c(OCc3cccc(N4CC(C(=O)O)C4)n3)nc(N)nc2-c2ccc(F)cc2)cc(C(F)F)n1. The van der Waals surface area contributed by atoms with Crippen molar-refractivity contribution in [1.82, 2.24) is 19.9 Å². The van der Waals surface area contributed by atoms with Gasteiger partial charge in [-0.3, -0.25) is 9.78 Å². The predicted molar refractivity (Wildman–Crippen MR) is 137 cm³/mol. The van der Waals surface area contributed by atoms with E-state index in [0.29, 0.717) is 41.4 Å². The molecule has 0 amide bonds. The molecule has 1 aliphatic heterocycles. The molecule has 0 aliphatic carbocycles. The van der Waals surface area contributed by atoms with Gasteiger partial charge in [0.2, 0.25) is 11.8 Å². The third-order valence-electron chi connectivity index (χ3n) is 6.20. The molecule has 0 saturated carbocycles. The van der Waals surface area contributed by atoms with Crippen LogP contribution in [-0.2, 0) is 11.4 Å². The minimum atomic E-state index is -2.81. The highest BCUT2D eigenvalue weighted by Crippen LogP contribution is 2.39. The number of rotatable bonds is 8. The molecule has 9 nitrogen and oxygen atoms in total. The van der Waals surface area contributed by atoms with Crippen LogP contribution in [0.15, 0.2) is 54.6 Å². The van der Waals surface area contributed by atoms with Crippen LogP contribution in [0.4, 0.5) is 24.9 Å². The van der Waals surface area contributed by atoms with E-state index in [9.17, 15) is 18.0 Å². The van der Waals surface area contributed by atoms with Gasteiger partial charge in [-0.05, 0) is 61.0 Å². The summed E-state index contributed by atoms with van der Waals surface area (Å²) in [5.74, 6) is -1.25. The van der Waals surface area contributed by atoms with E-state index in [1.54, 1.807) is 31.2 Å². The van der Waals surface area contributed by atoms with Gasteiger partial charge < -0.3 is 20.5 Å². The zero-order valence-electron chi connectivity index (χ0n) is 20.7. The van der Waals surface area contributed by atoms with Crippen molar-refractivity contribution < 1.29 is 27.8 Å². The maximum Gasteiger partial charge on any atom is 0.310 e. The van der Waals surface area contributed by atoms with Crippen LogP contribution >= 0.6 is 0 Å². The number of anilines is 2. The van der Waals surface area contributed by atoms with Gasteiger partial charge in [-0.1, -0.05) is 6.07 Å². The summed E-state index contributed by atoms with van der Waals surface area (Å²) in [5.41, 5.74) is 7.80. The Bertz CT molecular complexity index is 1530. The Balaban J connectivity index is 1.53. The summed E-state index contributed by atoms with van der Waals surface area (Å²) < 4.78 is 46.9. The molecule has 3 aromatic heterocycles. The van der Waals surface area contributed by atoms with Crippen LogP contribution in [0.3, 0.4) is 0 Å². The lowest BCUT2D eigenvalue weighted by atomic mass is 9.99. The number of halogens is 3. The number of pyridine rings is 2. The van der Waals surface area contributed by atoms with Gasteiger partial charge in [-0.15, -0.1) is 0 Å². The molecule has 4 aromatic rings. The average molecular weight is 537 g/mol. The highest BCUT2D eigenvalue weighted by atomic mass is 19.3. The van der Waals surface area contributed by atoms with Crippen molar-refractivity contribution in [3.8, 4) is 28.3 Å². The van der Waals surface area contributed by atoms with E-state index >= 15 is 0 Å². The fourth-order valence-corrected chi connectivity index (χ4v) is 4.28. The molecule has 3 N–H and O–H groups in total. The molecule has 1 aromatic carbocycles. The summed E-state index contributed by atoms with van der Waals surface area (Å²) >= 11 is 0. The lowest BCUT2D eigenvalue weighted by Crippen LogP contribution is -2.50. The highest BCUT2D eigenvalue weighted by molar-refractivity contribution is 5.85. The second kappa shape index (κ2) is 10.6. The van der Waals surface area contributed by atoms with Gasteiger partial charge in [-0.2, -0.15) is 4.98 Å². The molecule has 1 fully saturated rings. The van der Waals surface area contributed by atoms with E-state index in [1.807, 2.05) is 4.90 Å². The fourth-order valence-electron chi connectivity index (χ4n) is 4.28. The van der Waals surface area contributed by atoms with Crippen LogP contribution in [0.2, 0.25) is 0 Å². The van der Waals surface area contributed by atoms with Gasteiger partial charge in [0.15, 0.2) is 0 Å². The molecule has 4 heterocycles. The highest BCUT2D eigenvalue weighted by Gasteiger charge is 2.33. The first-order valence-electron chi connectivity index (χ1n) is 11.9. The quantitative estimate of drug-likeness (QED) is 0.330. The molecule has 5 rings (SSSR count). The second-order valence-corrected chi connectivity index (χ2v) is 9.06. The van der Waals surface area contributed by atoms with Crippen LogP contribution in [-0.4, -0.2) is 44.1 Å². The third kappa shape index (κ3) is 5.59. The molecule has 0 atom stereocenters. The molecular weight excluding hydrogens is 513 g/mol. The first-order valence-corrected chi connectivity index (χ1v) is 11.9. The molecule has 12 heteroatoms. The number of hydrogen-bond acceptors (Lipinski definition) is 8. The van der Waals surface area contributed by atoms with Gasteiger partial charge in [0, 0.05) is 24.3 Å². The number of aromatic nitrogens is 4. The van der Waals surface area contributed by atoms with E-state index in [2.05, 4.69) is 19.9 Å².